The molecular formula is C10H16OS. The minimum atomic E-state index is -0.170. The average molecular weight is 184 g/mol. The largest absolute Gasteiger partial charge is 0.393 e. The lowest BCUT2D eigenvalue weighted by Crippen LogP contribution is -2.01. The topological polar surface area (TPSA) is 20.2 Å². The first-order valence-electron chi connectivity index (χ1n) is 4.47. The summed E-state index contributed by atoms with van der Waals surface area (Å²) >= 11 is 1.80. The highest BCUT2D eigenvalue weighted by atomic mass is 32.1. The van der Waals surface area contributed by atoms with E-state index in [1.165, 1.54) is 10.4 Å². The van der Waals surface area contributed by atoms with E-state index in [-0.39, 0.29) is 6.10 Å². The van der Waals surface area contributed by atoms with E-state index < -0.39 is 0 Å². The average Bonchev–Trinajstić information content (AvgIpc) is 2.47. The van der Waals surface area contributed by atoms with E-state index in [1.54, 1.807) is 11.3 Å². The fourth-order valence-corrected chi connectivity index (χ4v) is 2.24. The van der Waals surface area contributed by atoms with Crippen molar-refractivity contribution in [2.24, 2.45) is 0 Å². The lowest BCUT2D eigenvalue weighted by molar-refractivity contribution is 0.185. The fourth-order valence-electron chi connectivity index (χ4n) is 1.24. The van der Waals surface area contributed by atoms with Crippen LogP contribution in [0.3, 0.4) is 0 Å². The van der Waals surface area contributed by atoms with Crippen LogP contribution < -0.4 is 0 Å². The number of aliphatic hydroxyl groups is 1. The summed E-state index contributed by atoms with van der Waals surface area (Å²) in [6, 6.07) is 2.18. The Bertz CT molecular complexity index is 227. The molecule has 68 valence electrons. The third-order valence-corrected chi connectivity index (χ3v) is 3.03. The van der Waals surface area contributed by atoms with Crippen molar-refractivity contribution in [1.29, 1.82) is 0 Å². The molecule has 1 heterocycles. The molecule has 1 aromatic heterocycles. The minimum Gasteiger partial charge on any atom is -0.393 e. The molecule has 0 saturated carbocycles. The van der Waals surface area contributed by atoms with Crippen LogP contribution in [-0.2, 0) is 12.8 Å². The van der Waals surface area contributed by atoms with Crippen molar-refractivity contribution in [2.75, 3.05) is 0 Å². The summed E-state index contributed by atoms with van der Waals surface area (Å²) in [4.78, 5) is 1.44. The molecule has 1 aromatic rings. The van der Waals surface area contributed by atoms with E-state index in [2.05, 4.69) is 18.4 Å². The highest BCUT2D eigenvalue weighted by molar-refractivity contribution is 7.10. The van der Waals surface area contributed by atoms with Crippen LogP contribution in [0.25, 0.3) is 0 Å². The van der Waals surface area contributed by atoms with Gasteiger partial charge in [-0.15, -0.1) is 11.3 Å². The second-order valence-corrected chi connectivity index (χ2v) is 4.11. The van der Waals surface area contributed by atoms with Gasteiger partial charge in [0.2, 0.25) is 0 Å². The number of rotatable bonds is 4. The van der Waals surface area contributed by atoms with Crippen molar-refractivity contribution >= 4 is 11.3 Å². The lowest BCUT2D eigenvalue weighted by Gasteiger charge is -2.03. The van der Waals surface area contributed by atoms with Crippen LogP contribution in [0.15, 0.2) is 11.4 Å². The van der Waals surface area contributed by atoms with Crippen molar-refractivity contribution in [2.45, 2.75) is 39.2 Å². The van der Waals surface area contributed by atoms with Gasteiger partial charge in [0.1, 0.15) is 0 Å². The monoisotopic (exact) mass is 184 g/mol. The Morgan fingerprint density at radius 2 is 2.33 bits per heavy atom. The van der Waals surface area contributed by atoms with E-state index in [0.29, 0.717) is 0 Å². The summed E-state index contributed by atoms with van der Waals surface area (Å²) in [5, 5.41) is 11.3. The van der Waals surface area contributed by atoms with E-state index >= 15 is 0 Å². The molecule has 0 aliphatic rings. The highest BCUT2D eigenvalue weighted by Gasteiger charge is 2.03. The molecule has 2 heteroatoms. The third kappa shape index (κ3) is 2.61. The molecule has 0 aliphatic heterocycles. The van der Waals surface area contributed by atoms with Crippen molar-refractivity contribution in [3.05, 3.63) is 21.9 Å². The summed E-state index contributed by atoms with van der Waals surface area (Å²) < 4.78 is 0. The molecule has 1 N–H and O–H groups in total. The van der Waals surface area contributed by atoms with Gasteiger partial charge in [0, 0.05) is 4.88 Å². The molecule has 0 fully saturated rings. The SMILES string of the molecule is CCc1ccsc1CC[C@@H](C)O. The maximum absolute atomic E-state index is 9.12. The van der Waals surface area contributed by atoms with Crippen molar-refractivity contribution in [1.82, 2.24) is 0 Å². The van der Waals surface area contributed by atoms with Gasteiger partial charge in [-0.2, -0.15) is 0 Å². The van der Waals surface area contributed by atoms with Crippen molar-refractivity contribution in [3.63, 3.8) is 0 Å². The zero-order chi connectivity index (χ0) is 8.97. The van der Waals surface area contributed by atoms with Gasteiger partial charge in [0.25, 0.3) is 0 Å². The zero-order valence-corrected chi connectivity index (χ0v) is 8.53. The zero-order valence-electron chi connectivity index (χ0n) is 7.71. The number of aryl methyl sites for hydroxylation is 2. The maximum Gasteiger partial charge on any atom is 0.0515 e. The number of aliphatic hydroxyl groups excluding tert-OH is 1. The first kappa shape index (κ1) is 9.75. The number of thiophene rings is 1. The Morgan fingerprint density at radius 1 is 1.58 bits per heavy atom. The minimum absolute atomic E-state index is 0.170. The summed E-state index contributed by atoms with van der Waals surface area (Å²) in [6.45, 7) is 4.02. The predicted molar refractivity (Wildman–Crippen MR) is 53.7 cm³/mol. The number of hydrogen-bond donors (Lipinski definition) is 1. The summed E-state index contributed by atoms with van der Waals surface area (Å²) in [5.41, 5.74) is 1.45. The molecule has 1 rings (SSSR count). The third-order valence-electron chi connectivity index (χ3n) is 2.01. The standard InChI is InChI=1S/C10H16OS/c1-3-9-6-7-12-10(9)5-4-8(2)11/h6-8,11H,3-5H2,1-2H3/t8-/m1/s1. The van der Waals surface area contributed by atoms with Gasteiger partial charge >= 0.3 is 0 Å². The second-order valence-electron chi connectivity index (χ2n) is 3.11. The van der Waals surface area contributed by atoms with Gasteiger partial charge in [-0.1, -0.05) is 6.92 Å². The smallest absolute Gasteiger partial charge is 0.0515 e. The first-order chi connectivity index (χ1) is 5.74. The van der Waals surface area contributed by atoms with E-state index in [4.69, 9.17) is 5.11 Å². The fraction of sp³-hybridized carbons (Fsp3) is 0.600. The van der Waals surface area contributed by atoms with E-state index in [1.807, 2.05) is 6.92 Å². The summed E-state index contributed by atoms with van der Waals surface area (Å²) in [6.07, 6.45) is 2.85. The van der Waals surface area contributed by atoms with Crippen LogP contribution in [0.4, 0.5) is 0 Å². The normalized spacial score (nSPS) is 13.2. The second kappa shape index (κ2) is 4.63. The van der Waals surface area contributed by atoms with Crippen molar-refractivity contribution < 1.29 is 5.11 Å². The Labute approximate surface area is 78.1 Å². The van der Waals surface area contributed by atoms with Gasteiger partial charge in [0.15, 0.2) is 0 Å². The Hall–Kier alpha value is -0.340. The predicted octanol–water partition coefficient (Wildman–Crippen LogP) is 2.62. The van der Waals surface area contributed by atoms with Gasteiger partial charge in [-0.3, -0.25) is 0 Å². The molecule has 0 saturated heterocycles. The summed E-state index contributed by atoms with van der Waals surface area (Å²) in [5.74, 6) is 0. The van der Waals surface area contributed by atoms with Crippen LogP contribution in [0, 0.1) is 0 Å². The summed E-state index contributed by atoms with van der Waals surface area (Å²) in [7, 11) is 0. The lowest BCUT2D eigenvalue weighted by atomic mass is 10.1. The molecule has 0 radical (unpaired) electrons. The van der Waals surface area contributed by atoms with Gasteiger partial charge < -0.3 is 5.11 Å². The Morgan fingerprint density at radius 3 is 2.92 bits per heavy atom. The van der Waals surface area contributed by atoms with E-state index in [9.17, 15) is 0 Å². The van der Waals surface area contributed by atoms with Gasteiger partial charge in [-0.05, 0) is 43.2 Å². The molecule has 0 bridgehead atoms. The van der Waals surface area contributed by atoms with Crippen LogP contribution in [0.2, 0.25) is 0 Å². The Kier molecular flexibility index (Phi) is 3.76. The van der Waals surface area contributed by atoms with Crippen LogP contribution in [0.1, 0.15) is 30.7 Å². The molecule has 1 atom stereocenters. The molecule has 0 amide bonds. The molecule has 0 unspecified atom stereocenters. The molecular weight excluding hydrogens is 168 g/mol. The quantitative estimate of drug-likeness (QED) is 0.762. The van der Waals surface area contributed by atoms with Crippen LogP contribution in [-0.4, -0.2) is 11.2 Å². The molecule has 12 heavy (non-hydrogen) atoms. The van der Waals surface area contributed by atoms with Crippen LogP contribution in [0.5, 0.6) is 0 Å². The Balaban J connectivity index is 2.50. The first-order valence-corrected chi connectivity index (χ1v) is 5.35. The van der Waals surface area contributed by atoms with Crippen molar-refractivity contribution in [3.8, 4) is 0 Å². The highest BCUT2D eigenvalue weighted by Crippen LogP contribution is 2.19. The van der Waals surface area contributed by atoms with E-state index in [0.717, 1.165) is 19.3 Å². The number of hydrogen-bond acceptors (Lipinski definition) is 2. The molecule has 0 aliphatic carbocycles. The molecule has 0 spiro atoms. The van der Waals surface area contributed by atoms with Gasteiger partial charge in [0.05, 0.1) is 6.10 Å². The molecule has 0 aromatic carbocycles. The molecule has 1 nitrogen and oxygen atoms in total. The maximum atomic E-state index is 9.12. The van der Waals surface area contributed by atoms with Gasteiger partial charge in [-0.25, -0.2) is 0 Å². The van der Waals surface area contributed by atoms with Crippen LogP contribution >= 0.6 is 11.3 Å².